The average Bonchev–Trinajstić information content (AvgIpc) is 2.44. The van der Waals surface area contributed by atoms with Gasteiger partial charge in [0.1, 0.15) is 10.5 Å². The molecule has 0 saturated carbocycles. The zero-order chi connectivity index (χ0) is 16.2. The second-order valence-electron chi connectivity index (χ2n) is 5.47. The van der Waals surface area contributed by atoms with Crippen LogP contribution in [-0.2, 0) is 11.3 Å². The van der Waals surface area contributed by atoms with Crippen molar-refractivity contribution in [3.05, 3.63) is 21.0 Å². The number of halogens is 1. The highest BCUT2D eigenvalue weighted by atomic mass is 79.9. The Balaban J connectivity index is 2.93. The fourth-order valence-electron chi connectivity index (χ4n) is 1.82. The van der Waals surface area contributed by atoms with Gasteiger partial charge >= 0.3 is 0 Å². The van der Waals surface area contributed by atoms with Gasteiger partial charge in [0.2, 0.25) is 5.91 Å². The van der Waals surface area contributed by atoms with Crippen molar-refractivity contribution in [1.29, 1.82) is 0 Å². The Labute approximate surface area is 133 Å². The normalized spacial score (nSPS) is 12.3. The second-order valence-corrected chi connectivity index (χ2v) is 6.26. The summed E-state index contributed by atoms with van der Waals surface area (Å²) in [6.45, 7) is 8.92. The standard InChI is InChI=1S/C14H23BrN4O2/c1-6-18(5)13(20)10(4)17-11-7-16-19(8-9(2)3)14(21)12(11)15/h7,9-10,17H,6,8H2,1-5H3. The van der Waals surface area contributed by atoms with Crippen LogP contribution in [-0.4, -0.2) is 40.2 Å². The second kappa shape index (κ2) is 7.59. The molecular formula is C14H23BrN4O2. The van der Waals surface area contributed by atoms with E-state index in [1.807, 2.05) is 20.8 Å². The summed E-state index contributed by atoms with van der Waals surface area (Å²) in [7, 11) is 1.74. The number of carbonyl (C=O) groups excluding carboxylic acids is 1. The highest BCUT2D eigenvalue weighted by Gasteiger charge is 2.18. The van der Waals surface area contributed by atoms with E-state index in [4.69, 9.17) is 0 Å². The molecule has 0 saturated heterocycles. The maximum atomic E-state index is 12.2. The summed E-state index contributed by atoms with van der Waals surface area (Å²) >= 11 is 3.29. The van der Waals surface area contributed by atoms with Crippen LogP contribution >= 0.6 is 15.9 Å². The van der Waals surface area contributed by atoms with Crippen LogP contribution in [0.15, 0.2) is 15.5 Å². The van der Waals surface area contributed by atoms with Crippen molar-refractivity contribution in [3.8, 4) is 0 Å². The van der Waals surface area contributed by atoms with E-state index >= 15 is 0 Å². The summed E-state index contributed by atoms with van der Waals surface area (Å²) in [5, 5.41) is 7.18. The molecule has 21 heavy (non-hydrogen) atoms. The number of aromatic nitrogens is 2. The van der Waals surface area contributed by atoms with Gasteiger partial charge in [0.15, 0.2) is 0 Å². The fourth-order valence-corrected chi connectivity index (χ4v) is 2.24. The molecule has 0 fully saturated rings. The number of rotatable bonds is 6. The largest absolute Gasteiger partial charge is 0.372 e. The van der Waals surface area contributed by atoms with Crippen molar-refractivity contribution in [2.75, 3.05) is 18.9 Å². The fraction of sp³-hybridized carbons (Fsp3) is 0.643. The topological polar surface area (TPSA) is 67.2 Å². The van der Waals surface area contributed by atoms with Gasteiger partial charge in [0.05, 0.1) is 11.9 Å². The van der Waals surface area contributed by atoms with Gasteiger partial charge in [-0.1, -0.05) is 13.8 Å². The molecule has 1 aromatic heterocycles. The monoisotopic (exact) mass is 358 g/mol. The molecule has 0 spiro atoms. The maximum absolute atomic E-state index is 12.2. The molecule has 6 nitrogen and oxygen atoms in total. The highest BCUT2D eigenvalue weighted by molar-refractivity contribution is 9.10. The lowest BCUT2D eigenvalue weighted by atomic mass is 10.2. The van der Waals surface area contributed by atoms with Crippen molar-refractivity contribution in [2.45, 2.75) is 40.3 Å². The summed E-state index contributed by atoms with van der Waals surface area (Å²) in [6, 6.07) is -0.423. The van der Waals surface area contributed by atoms with E-state index < -0.39 is 6.04 Å². The lowest BCUT2D eigenvalue weighted by molar-refractivity contribution is -0.130. The van der Waals surface area contributed by atoms with Gasteiger partial charge < -0.3 is 10.2 Å². The third kappa shape index (κ3) is 4.56. The molecule has 0 aromatic carbocycles. The molecule has 1 unspecified atom stereocenters. The lowest BCUT2D eigenvalue weighted by Gasteiger charge is -2.21. The molecular weight excluding hydrogens is 336 g/mol. The molecule has 1 atom stereocenters. The number of hydrogen-bond acceptors (Lipinski definition) is 4. The minimum atomic E-state index is -0.423. The molecule has 1 heterocycles. The van der Waals surface area contributed by atoms with Crippen molar-refractivity contribution < 1.29 is 4.79 Å². The minimum absolute atomic E-state index is 0.0317. The molecule has 1 aromatic rings. The van der Waals surface area contributed by atoms with Crippen LogP contribution in [0, 0.1) is 5.92 Å². The summed E-state index contributed by atoms with van der Waals surface area (Å²) in [6.07, 6.45) is 1.57. The molecule has 1 amide bonds. The summed E-state index contributed by atoms with van der Waals surface area (Å²) in [4.78, 5) is 25.8. The Hall–Kier alpha value is -1.37. The molecule has 0 radical (unpaired) electrons. The van der Waals surface area contributed by atoms with E-state index in [9.17, 15) is 9.59 Å². The van der Waals surface area contributed by atoms with Crippen LogP contribution in [0.2, 0.25) is 0 Å². The summed E-state index contributed by atoms with van der Waals surface area (Å²) < 4.78 is 1.82. The lowest BCUT2D eigenvalue weighted by Crippen LogP contribution is -2.39. The number of anilines is 1. The first-order valence-corrected chi connectivity index (χ1v) is 7.84. The number of likely N-dealkylation sites (N-methyl/N-ethyl adjacent to an activating group) is 1. The van der Waals surface area contributed by atoms with Crippen LogP contribution in [0.25, 0.3) is 0 Å². The smallest absolute Gasteiger partial charge is 0.283 e. The van der Waals surface area contributed by atoms with Crippen molar-refractivity contribution in [1.82, 2.24) is 14.7 Å². The van der Waals surface area contributed by atoms with Crippen LogP contribution < -0.4 is 10.9 Å². The molecule has 0 aliphatic heterocycles. The number of hydrogen-bond donors (Lipinski definition) is 1. The predicted octanol–water partition coefficient (Wildman–Crippen LogP) is 1.94. The Bertz CT molecular complexity index is 556. The number of carbonyl (C=O) groups is 1. The Morgan fingerprint density at radius 2 is 2.10 bits per heavy atom. The van der Waals surface area contributed by atoms with E-state index in [0.29, 0.717) is 29.2 Å². The van der Waals surface area contributed by atoms with Crippen LogP contribution in [0.3, 0.4) is 0 Å². The van der Waals surface area contributed by atoms with E-state index in [1.165, 1.54) is 4.68 Å². The predicted molar refractivity (Wildman–Crippen MR) is 87.4 cm³/mol. The molecule has 118 valence electrons. The van der Waals surface area contributed by atoms with Gasteiger partial charge in [-0.05, 0) is 35.7 Å². The quantitative estimate of drug-likeness (QED) is 0.843. The Morgan fingerprint density at radius 3 is 2.62 bits per heavy atom. The molecule has 1 N–H and O–H groups in total. The molecule has 0 aliphatic carbocycles. The molecule has 7 heteroatoms. The van der Waals surface area contributed by atoms with E-state index in [2.05, 4.69) is 26.3 Å². The van der Waals surface area contributed by atoms with Gasteiger partial charge in [-0.2, -0.15) is 5.10 Å². The van der Waals surface area contributed by atoms with E-state index in [1.54, 1.807) is 25.1 Å². The van der Waals surface area contributed by atoms with Crippen molar-refractivity contribution in [3.63, 3.8) is 0 Å². The molecule has 1 rings (SSSR count). The van der Waals surface area contributed by atoms with Gasteiger partial charge in [0.25, 0.3) is 5.56 Å². The number of nitrogens with one attached hydrogen (secondary N) is 1. The van der Waals surface area contributed by atoms with Gasteiger partial charge in [-0.3, -0.25) is 9.59 Å². The first-order valence-electron chi connectivity index (χ1n) is 7.05. The highest BCUT2D eigenvalue weighted by Crippen LogP contribution is 2.17. The van der Waals surface area contributed by atoms with Crippen LogP contribution in [0.4, 0.5) is 5.69 Å². The Kier molecular flexibility index (Phi) is 6.39. The van der Waals surface area contributed by atoms with Crippen LogP contribution in [0.5, 0.6) is 0 Å². The van der Waals surface area contributed by atoms with Gasteiger partial charge in [-0.25, -0.2) is 4.68 Å². The number of amides is 1. The number of nitrogens with zero attached hydrogens (tertiary/aromatic N) is 3. The first kappa shape index (κ1) is 17.7. The van der Waals surface area contributed by atoms with Crippen LogP contribution in [0.1, 0.15) is 27.7 Å². The average molecular weight is 359 g/mol. The Morgan fingerprint density at radius 1 is 1.48 bits per heavy atom. The van der Waals surface area contributed by atoms with Crippen molar-refractivity contribution >= 4 is 27.5 Å². The van der Waals surface area contributed by atoms with E-state index in [-0.39, 0.29) is 11.5 Å². The zero-order valence-electron chi connectivity index (χ0n) is 13.2. The maximum Gasteiger partial charge on any atom is 0.283 e. The molecule has 0 bridgehead atoms. The van der Waals surface area contributed by atoms with E-state index in [0.717, 1.165) is 0 Å². The van der Waals surface area contributed by atoms with Gasteiger partial charge in [-0.15, -0.1) is 0 Å². The minimum Gasteiger partial charge on any atom is -0.372 e. The summed E-state index contributed by atoms with van der Waals surface area (Å²) in [5.74, 6) is 0.301. The zero-order valence-corrected chi connectivity index (χ0v) is 14.8. The third-order valence-electron chi connectivity index (χ3n) is 3.12. The molecule has 0 aliphatic rings. The van der Waals surface area contributed by atoms with Crippen molar-refractivity contribution in [2.24, 2.45) is 5.92 Å². The first-order chi connectivity index (χ1) is 9.77. The summed E-state index contributed by atoms with van der Waals surface area (Å²) in [5.41, 5.74) is 0.336. The van der Waals surface area contributed by atoms with Gasteiger partial charge in [0, 0.05) is 20.1 Å². The third-order valence-corrected chi connectivity index (χ3v) is 3.88. The SMILES string of the molecule is CCN(C)C(=O)C(C)Nc1cnn(CC(C)C)c(=O)c1Br.